The van der Waals surface area contributed by atoms with E-state index in [1.807, 2.05) is 0 Å². The number of nitrogens with zero attached hydrogens (tertiary/aromatic N) is 1. The fourth-order valence-electron chi connectivity index (χ4n) is 2.21. The molecule has 0 saturated heterocycles. The molecule has 0 fully saturated rings. The van der Waals surface area contributed by atoms with Gasteiger partial charge in [-0.3, -0.25) is 4.90 Å². The molecule has 3 heteroatoms. The smallest absolute Gasteiger partial charge is 0.0601 e. The fourth-order valence-corrected chi connectivity index (χ4v) is 2.21. The van der Waals surface area contributed by atoms with Gasteiger partial charge in [0.15, 0.2) is 0 Å². The fraction of sp³-hybridized carbons (Fsp3) is 1.00. The van der Waals surface area contributed by atoms with Gasteiger partial charge >= 0.3 is 0 Å². The zero-order valence-corrected chi connectivity index (χ0v) is 12.0. The zero-order chi connectivity index (χ0) is 13.1. The SMILES string of the molecule is CCCCN(CCCC)C(CO)C(N)CCC. The first-order valence-electron chi connectivity index (χ1n) is 7.31. The summed E-state index contributed by atoms with van der Waals surface area (Å²) >= 11 is 0. The van der Waals surface area contributed by atoms with Gasteiger partial charge in [-0.2, -0.15) is 0 Å². The first-order chi connectivity index (χ1) is 8.21. The largest absolute Gasteiger partial charge is 0.395 e. The Balaban J connectivity index is 4.35. The molecule has 2 unspecified atom stereocenters. The Morgan fingerprint density at radius 1 is 1.00 bits per heavy atom. The number of rotatable bonds is 11. The van der Waals surface area contributed by atoms with Gasteiger partial charge in [0.05, 0.1) is 6.61 Å². The molecule has 2 atom stereocenters. The number of unbranched alkanes of at least 4 members (excludes halogenated alkanes) is 2. The summed E-state index contributed by atoms with van der Waals surface area (Å²) in [4.78, 5) is 2.40. The summed E-state index contributed by atoms with van der Waals surface area (Å²) in [6.45, 7) is 8.89. The highest BCUT2D eigenvalue weighted by Gasteiger charge is 2.22. The van der Waals surface area contributed by atoms with E-state index >= 15 is 0 Å². The molecule has 0 bridgehead atoms. The topological polar surface area (TPSA) is 49.5 Å². The Labute approximate surface area is 107 Å². The maximum Gasteiger partial charge on any atom is 0.0601 e. The molecular formula is C14H32N2O. The van der Waals surface area contributed by atoms with Crippen molar-refractivity contribution < 1.29 is 5.11 Å². The molecule has 17 heavy (non-hydrogen) atoms. The summed E-state index contributed by atoms with van der Waals surface area (Å²) in [7, 11) is 0. The molecule has 0 aromatic rings. The molecule has 0 aliphatic rings. The molecule has 0 saturated carbocycles. The molecule has 3 N–H and O–H groups in total. The second-order valence-corrected chi connectivity index (χ2v) is 4.95. The van der Waals surface area contributed by atoms with Crippen LogP contribution in [-0.2, 0) is 0 Å². The lowest BCUT2D eigenvalue weighted by Crippen LogP contribution is -2.50. The third kappa shape index (κ3) is 7.02. The summed E-state index contributed by atoms with van der Waals surface area (Å²) < 4.78 is 0. The van der Waals surface area contributed by atoms with Crippen LogP contribution in [0, 0.1) is 0 Å². The third-order valence-electron chi connectivity index (χ3n) is 3.37. The van der Waals surface area contributed by atoms with Crippen LogP contribution in [0.5, 0.6) is 0 Å². The van der Waals surface area contributed by atoms with Crippen LogP contribution >= 0.6 is 0 Å². The predicted octanol–water partition coefficient (Wildman–Crippen LogP) is 2.38. The lowest BCUT2D eigenvalue weighted by molar-refractivity contribution is 0.0982. The number of aliphatic hydroxyl groups excluding tert-OH is 1. The Morgan fingerprint density at radius 3 is 1.88 bits per heavy atom. The first kappa shape index (κ1) is 16.9. The van der Waals surface area contributed by atoms with Crippen molar-refractivity contribution in [3.05, 3.63) is 0 Å². The van der Waals surface area contributed by atoms with Crippen LogP contribution in [0.3, 0.4) is 0 Å². The first-order valence-corrected chi connectivity index (χ1v) is 7.31. The third-order valence-corrected chi connectivity index (χ3v) is 3.37. The molecule has 0 aliphatic heterocycles. The molecule has 0 aliphatic carbocycles. The van der Waals surface area contributed by atoms with Crippen LogP contribution in [0.2, 0.25) is 0 Å². The normalized spacial score (nSPS) is 15.2. The van der Waals surface area contributed by atoms with Crippen molar-refractivity contribution in [1.82, 2.24) is 4.90 Å². The highest BCUT2D eigenvalue weighted by atomic mass is 16.3. The van der Waals surface area contributed by atoms with Gasteiger partial charge in [0, 0.05) is 12.1 Å². The van der Waals surface area contributed by atoms with Crippen molar-refractivity contribution in [3.63, 3.8) is 0 Å². The average molecular weight is 244 g/mol. The highest BCUT2D eigenvalue weighted by molar-refractivity contribution is 4.81. The summed E-state index contributed by atoms with van der Waals surface area (Å²) in [6.07, 6.45) is 6.87. The maximum atomic E-state index is 9.57. The van der Waals surface area contributed by atoms with E-state index in [0.29, 0.717) is 0 Å². The average Bonchev–Trinajstić information content (AvgIpc) is 2.33. The molecule has 0 rings (SSSR count). The Hall–Kier alpha value is -0.120. The van der Waals surface area contributed by atoms with E-state index < -0.39 is 0 Å². The van der Waals surface area contributed by atoms with Crippen LogP contribution in [0.1, 0.15) is 59.3 Å². The molecule has 0 heterocycles. The molecular weight excluding hydrogens is 212 g/mol. The molecule has 0 amide bonds. The predicted molar refractivity (Wildman–Crippen MR) is 75.1 cm³/mol. The van der Waals surface area contributed by atoms with Gasteiger partial charge in [-0.15, -0.1) is 0 Å². The Bertz CT molecular complexity index is 156. The maximum absolute atomic E-state index is 9.57. The van der Waals surface area contributed by atoms with E-state index in [2.05, 4.69) is 25.7 Å². The van der Waals surface area contributed by atoms with E-state index in [1.54, 1.807) is 0 Å². The molecule has 104 valence electrons. The highest BCUT2D eigenvalue weighted by Crippen LogP contribution is 2.11. The van der Waals surface area contributed by atoms with Gasteiger partial charge in [0.2, 0.25) is 0 Å². The molecule has 3 nitrogen and oxygen atoms in total. The van der Waals surface area contributed by atoms with Gasteiger partial charge in [-0.05, 0) is 32.4 Å². The Morgan fingerprint density at radius 2 is 1.53 bits per heavy atom. The van der Waals surface area contributed by atoms with Gasteiger partial charge in [-0.25, -0.2) is 0 Å². The zero-order valence-electron chi connectivity index (χ0n) is 12.0. The van der Waals surface area contributed by atoms with Crippen LogP contribution < -0.4 is 5.73 Å². The minimum Gasteiger partial charge on any atom is -0.395 e. The van der Waals surface area contributed by atoms with Gasteiger partial charge in [0.25, 0.3) is 0 Å². The summed E-state index contributed by atoms with van der Waals surface area (Å²) in [5.74, 6) is 0. The monoisotopic (exact) mass is 244 g/mol. The van der Waals surface area contributed by atoms with E-state index in [0.717, 1.165) is 25.9 Å². The van der Waals surface area contributed by atoms with Crippen LogP contribution in [0.25, 0.3) is 0 Å². The van der Waals surface area contributed by atoms with E-state index in [1.165, 1.54) is 25.7 Å². The van der Waals surface area contributed by atoms with Crippen molar-refractivity contribution in [2.24, 2.45) is 5.73 Å². The molecule has 0 aromatic carbocycles. The van der Waals surface area contributed by atoms with E-state index in [9.17, 15) is 5.11 Å². The van der Waals surface area contributed by atoms with Crippen molar-refractivity contribution in [2.45, 2.75) is 71.4 Å². The quantitative estimate of drug-likeness (QED) is 0.587. The van der Waals surface area contributed by atoms with Crippen LogP contribution in [0.4, 0.5) is 0 Å². The lowest BCUT2D eigenvalue weighted by Gasteiger charge is -2.34. The number of nitrogens with two attached hydrogens (primary N) is 1. The Kier molecular flexibility index (Phi) is 10.9. The van der Waals surface area contributed by atoms with Crippen LogP contribution in [0.15, 0.2) is 0 Å². The molecule has 0 spiro atoms. The number of aliphatic hydroxyl groups is 1. The van der Waals surface area contributed by atoms with Gasteiger partial charge in [-0.1, -0.05) is 40.0 Å². The van der Waals surface area contributed by atoms with Crippen LogP contribution in [-0.4, -0.2) is 41.8 Å². The summed E-state index contributed by atoms with van der Waals surface area (Å²) in [5, 5.41) is 9.57. The molecule has 0 radical (unpaired) electrons. The van der Waals surface area contributed by atoms with Gasteiger partial charge in [0.1, 0.15) is 0 Å². The number of hydrogen-bond donors (Lipinski definition) is 2. The number of hydrogen-bond acceptors (Lipinski definition) is 3. The van der Waals surface area contributed by atoms with Crippen molar-refractivity contribution in [2.75, 3.05) is 19.7 Å². The van der Waals surface area contributed by atoms with E-state index in [-0.39, 0.29) is 18.7 Å². The van der Waals surface area contributed by atoms with Crippen molar-refractivity contribution >= 4 is 0 Å². The lowest BCUT2D eigenvalue weighted by atomic mass is 10.0. The second-order valence-electron chi connectivity index (χ2n) is 4.95. The second kappa shape index (κ2) is 11.0. The van der Waals surface area contributed by atoms with Crippen molar-refractivity contribution in [3.8, 4) is 0 Å². The standard InChI is InChI=1S/C14H32N2O/c1-4-7-10-16(11-8-5-2)14(12-17)13(15)9-6-3/h13-14,17H,4-12,15H2,1-3H3. The van der Waals surface area contributed by atoms with E-state index in [4.69, 9.17) is 5.73 Å². The summed E-state index contributed by atoms with van der Waals surface area (Å²) in [5.41, 5.74) is 6.18. The molecule has 0 aromatic heterocycles. The van der Waals surface area contributed by atoms with Gasteiger partial charge < -0.3 is 10.8 Å². The summed E-state index contributed by atoms with van der Waals surface area (Å²) in [6, 6.07) is 0.256. The minimum absolute atomic E-state index is 0.110. The minimum atomic E-state index is 0.110. The van der Waals surface area contributed by atoms with Crippen molar-refractivity contribution in [1.29, 1.82) is 0 Å².